The Labute approximate surface area is 103 Å². The molecule has 2 rings (SSSR count). The topological polar surface area (TPSA) is 40.6 Å². The first kappa shape index (κ1) is 12.6. The second-order valence-corrected chi connectivity index (χ2v) is 6.05. The molecular formula is C13H22N2O2. The lowest BCUT2D eigenvalue weighted by molar-refractivity contribution is -0.155. The maximum atomic E-state index is 12.0. The molecule has 2 aliphatic rings. The van der Waals surface area contributed by atoms with Gasteiger partial charge in [0.25, 0.3) is 0 Å². The van der Waals surface area contributed by atoms with E-state index in [1.165, 1.54) is 24.2 Å². The summed E-state index contributed by atoms with van der Waals surface area (Å²) in [4.78, 5) is 27.6. The van der Waals surface area contributed by atoms with Crippen LogP contribution >= 0.6 is 0 Å². The van der Waals surface area contributed by atoms with E-state index in [0.29, 0.717) is 19.5 Å². The summed E-state index contributed by atoms with van der Waals surface area (Å²) in [7, 11) is 0. The summed E-state index contributed by atoms with van der Waals surface area (Å²) in [6.45, 7) is 6.51. The number of piperidine rings is 2. The third kappa shape index (κ3) is 3.06. The zero-order valence-electron chi connectivity index (χ0n) is 10.9. The second kappa shape index (κ2) is 4.77. The van der Waals surface area contributed by atoms with Gasteiger partial charge in [0, 0.05) is 12.8 Å². The number of hydrogen-bond acceptors (Lipinski definition) is 3. The Bertz CT molecular complexity index is 299. The molecule has 0 atom stereocenters. The van der Waals surface area contributed by atoms with Crippen molar-refractivity contribution in [2.45, 2.75) is 46.0 Å². The fourth-order valence-electron chi connectivity index (χ4n) is 2.67. The summed E-state index contributed by atoms with van der Waals surface area (Å²) in [5.41, 5.74) is -0.160. The van der Waals surface area contributed by atoms with E-state index >= 15 is 0 Å². The molecule has 2 saturated heterocycles. The van der Waals surface area contributed by atoms with Crippen LogP contribution in [-0.4, -0.2) is 41.4 Å². The average Bonchev–Trinajstić information content (AvgIpc) is 2.24. The van der Waals surface area contributed by atoms with Crippen molar-refractivity contribution in [1.82, 2.24) is 9.80 Å². The predicted octanol–water partition coefficient (Wildman–Crippen LogP) is 1.60. The van der Waals surface area contributed by atoms with Crippen molar-refractivity contribution >= 4 is 11.8 Å². The molecule has 0 aromatic heterocycles. The molecule has 0 unspecified atom stereocenters. The van der Waals surface area contributed by atoms with Gasteiger partial charge in [-0.3, -0.25) is 19.4 Å². The van der Waals surface area contributed by atoms with E-state index in [0.717, 1.165) is 13.1 Å². The van der Waals surface area contributed by atoms with Crippen molar-refractivity contribution in [2.75, 3.05) is 19.8 Å². The number of carbonyl (C=O) groups is 2. The molecule has 4 heteroatoms. The molecule has 0 bridgehead atoms. The van der Waals surface area contributed by atoms with Gasteiger partial charge in [-0.1, -0.05) is 20.3 Å². The molecule has 0 N–H and O–H groups in total. The van der Waals surface area contributed by atoms with Gasteiger partial charge in [0.1, 0.15) is 0 Å². The lowest BCUT2D eigenvalue weighted by Gasteiger charge is -2.38. The van der Waals surface area contributed by atoms with Crippen LogP contribution in [0.1, 0.15) is 46.0 Å². The van der Waals surface area contributed by atoms with Crippen molar-refractivity contribution in [3.63, 3.8) is 0 Å². The van der Waals surface area contributed by atoms with Crippen LogP contribution in [0.4, 0.5) is 0 Å². The van der Waals surface area contributed by atoms with Crippen molar-refractivity contribution in [1.29, 1.82) is 0 Å². The van der Waals surface area contributed by atoms with Gasteiger partial charge in [0.2, 0.25) is 11.8 Å². The quantitative estimate of drug-likeness (QED) is 0.686. The summed E-state index contributed by atoms with van der Waals surface area (Å²) in [5.74, 6) is -0.00588. The molecule has 2 aliphatic heterocycles. The zero-order valence-corrected chi connectivity index (χ0v) is 10.9. The molecule has 2 fully saturated rings. The lowest BCUT2D eigenvalue weighted by Crippen LogP contribution is -2.51. The van der Waals surface area contributed by atoms with Gasteiger partial charge >= 0.3 is 0 Å². The average molecular weight is 238 g/mol. The van der Waals surface area contributed by atoms with E-state index in [2.05, 4.69) is 4.90 Å². The van der Waals surface area contributed by atoms with Crippen molar-refractivity contribution in [3.05, 3.63) is 0 Å². The first-order valence-electron chi connectivity index (χ1n) is 6.53. The molecule has 0 aromatic carbocycles. The van der Waals surface area contributed by atoms with Gasteiger partial charge in [-0.15, -0.1) is 0 Å². The third-order valence-corrected chi connectivity index (χ3v) is 3.65. The van der Waals surface area contributed by atoms with Crippen molar-refractivity contribution in [3.8, 4) is 0 Å². The highest BCUT2D eigenvalue weighted by atomic mass is 16.2. The van der Waals surface area contributed by atoms with E-state index in [-0.39, 0.29) is 17.2 Å². The molecular weight excluding hydrogens is 216 g/mol. The number of hydrogen-bond donors (Lipinski definition) is 0. The lowest BCUT2D eigenvalue weighted by atomic mass is 9.82. The molecule has 17 heavy (non-hydrogen) atoms. The third-order valence-electron chi connectivity index (χ3n) is 3.65. The van der Waals surface area contributed by atoms with Gasteiger partial charge in [0.05, 0.1) is 6.67 Å². The second-order valence-electron chi connectivity index (χ2n) is 6.05. The molecule has 2 heterocycles. The Morgan fingerprint density at radius 1 is 1.00 bits per heavy atom. The molecule has 96 valence electrons. The van der Waals surface area contributed by atoms with Crippen LogP contribution in [0.2, 0.25) is 0 Å². The molecule has 0 aliphatic carbocycles. The first-order valence-corrected chi connectivity index (χ1v) is 6.53. The highest BCUT2D eigenvalue weighted by Crippen LogP contribution is 2.31. The van der Waals surface area contributed by atoms with Gasteiger partial charge in [0.15, 0.2) is 0 Å². The number of amides is 2. The van der Waals surface area contributed by atoms with Crippen LogP contribution in [0.3, 0.4) is 0 Å². The Morgan fingerprint density at radius 3 is 2.06 bits per heavy atom. The number of nitrogens with zero attached hydrogens (tertiary/aromatic N) is 2. The van der Waals surface area contributed by atoms with Crippen molar-refractivity contribution < 1.29 is 9.59 Å². The summed E-state index contributed by atoms with van der Waals surface area (Å²) in [6, 6.07) is 0. The van der Waals surface area contributed by atoms with Crippen LogP contribution in [-0.2, 0) is 9.59 Å². The number of imide groups is 1. The van der Waals surface area contributed by atoms with Crippen LogP contribution in [0, 0.1) is 5.41 Å². The molecule has 2 amide bonds. The first-order chi connectivity index (χ1) is 7.98. The summed E-state index contributed by atoms with van der Waals surface area (Å²) >= 11 is 0. The highest BCUT2D eigenvalue weighted by Gasteiger charge is 2.37. The maximum Gasteiger partial charge on any atom is 0.230 e. The number of rotatable bonds is 2. The Balaban J connectivity index is 1.96. The van der Waals surface area contributed by atoms with Gasteiger partial charge in [-0.25, -0.2) is 0 Å². The van der Waals surface area contributed by atoms with E-state index in [4.69, 9.17) is 0 Å². The molecule has 0 aromatic rings. The van der Waals surface area contributed by atoms with Gasteiger partial charge in [-0.2, -0.15) is 0 Å². The monoisotopic (exact) mass is 238 g/mol. The fourth-order valence-corrected chi connectivity index (χ4v) is 2.67. The largest absolute Gasteiger partial charge is 0.286 e. The SMILES string of the molecule is CC1(C)CC(=O)N(CN2CCCCC2)C(=O)C1. The van der Waals surface area contributed by atoms with E-state index in [1.807, 2.05) is 13.8 Å². The minimum absolute atomic E-state index is 0.00294. The highest BCUT2D eigenvalue weighted by molar-refractivity contribution is 5.98. The van der Waals surface area contributed by atoms with Crippen LogP contribution in [0.15, 0.2) is 0 Å². The minimum Gasteiger partial charge on any atom is -0.286 e. The summed E-state index contributed by atoms with van der Waals surface area (Å²) in [5, 5.41) is 0. The normalized spacial score (nSPS) is 26.4. The van der Waals surface area contributed by atoms with Crippen molar-refractivity contribution in [2.24, 2.45) is 5.41 Å². The van der Waals surface area contributed by atoms with Crippen LogP contribution < -0.4 is 0 Å². The van der Waals surface area contributed by atoms with E-state index in [1.54, 1.807) is 0 Å². The van der Waals surface area contributed by atoms with Crippen LogP contribution in [0.25, 0.3) is 0 Å². The van der Waals surface area contributed by atoms with Crippen LogP contribution in [0.5, 0.6) is 0 Å². The number of likely N-dealkylation sites (tertiary alicyclic amines) is 2. The smallest absolute Gasteiger partial charge is 0.230 e. The Kier molecular flexibility index (Phi) is 3.52. The minimum atomic E-state index is -0.160. The van der Waals surface area contributed by atoms with Gasteiger partial charge in [-0.05, 0) is 31.3 Å². The predicted molar refractivity (Wildman–Crippen MR) is 65.2 cm³/mol. The maximum absolute atomic E-state index is 12.0. The van der Waals surface area contributed by atoms with E-state index in [9.17, 15) is 9.59 Å². The Morgan fingerprint density at radius 2 is 1.53 bits per heavy atom. The standard InChI is InChI=1S/C13H22N2O2/c1-13(2)8-11(16)15(12(17)9-13)10-14-6-4-3-5-7-14/h3-10H2,1-2H3. The van der Waals surface area contributed by atoms with E-state index < -0.39 is 0 Å². The molecule has 0 spiro atoms. The Hall–Kier alpha value is -0.900. The molecule has 0 saturated carbocycles. The fraction of sp³-hybridized carbons (Fsp3) is 0.846. The zero-order chi connectivity index (χ0) is 12.5. The molecule has 4 nitrogen and oxygen atoms in total. The molecule has 0 radical (unpaired) electrons. The summed E-state index contributed by atoms with van der Waals surface area (Å²) in [6.07, 6.45) is 4.62. The number of carbonyl (C=O) groups excluding carboxylic acids is 2. The van der Waals surface area contributed by atoms with Gasteiger partial charge < -0.3 is 0 Å². The summed E-state index contributed by atoms with van der Waals surface area (Å²) < 4.78 is 0.